The van der Waals surface area contributed by atoms with Crippen LogP contribution in [0.4, 0.5) is 10.3 Å². The molecule has 2 aromatic rings. The summed E-state index contributed by atoms with van der Waals surface area (Å²) in [5, 5.41) is 2.72. The van der Waals surface area contributed by atoms with Gasteiger partial charge < -0.3 is 14.8 Å². The molecule has 0 radical (unpaired) electrons. The van der Waals surface area contributed by atoms with Crippen LogP contribution in [0.25, 0.3) is 0 Å². The second kappa shape index (κ2) is 5.99. The van der Waals surface area contributed by atoms with E-state index in [0.717, 1.165) is 6.20 Å². The lowest BCUT2D eigenvalue weighted by atomic mass is 10.3. The number of rotatable bonds is 5. The molecule has 0 aliphatic heterocycles. The van der Waals surface area contributed by atoms with Gasteiger partial charge in [0.15, 0.2) is 11.5 Å². The van der Waals surface area contributed by atoms with E-state index in [-0.39, 0.29) is 11.8 Å². The smallest absolute Gasteiger partial charge is 0.261 e. The molecule has 1 aromatic carbocycles. The van der Waals surface area contributed by atoms with Crippen LogP contribution in [0.5, 0.6) is 17.4 Å². The Bertz CT molecular complexity index is 563. The van der Waals surface area contributed by atoms with Crippen LogP contribution in [0.1, 0.15) is 6.92 Å². The molecule has 0 saturated heterocycles. The van der Waals surface area contributed by atoms with Gasteiger partial charge in [0.1, 0.15) is 0 Å². The summed E-state index contributed by atoms with van der Waals surface area (Å²) in [6.45, 7) is 2.36. The highest BCUT2D eigenvalue weighted by Crippen LogP contribution is 2.31. The standard InChI is InChI=1S/C13H14FN3O2/c1-3-18-10-6-4-5-7-11(10)19-12-9(14)8-16-13(15-2)17-12/h4-8H,3H2,1-2H3,(H,15,16,17). The van der Waals surface area contributed by atoms with Crippen LogP contribution in [0.2, 0.25) is 0 Å². The van der Waals surface area contributed by atoms with E-state index in [2.05, 4.69) is 15.3 Å². The average molecular weight is 263 g/mol. The van der Waals surface area contributed by atoms with Gasteiger partial charge in [0.25, 0.3) is 5.88 Å². The molecule has 0 saturated carbocycles. The van der Waals surface area contributed by atoms with Crippen LogP contribution in [-0.4, -0.2) is 23.6 Å². The van der Waals surface area contributed by atoms with Gasteiger partial charge in [-0.2, -0.15) is 9.37 Å². The van der Waals surface area contributed by atoms with Crippen LogP contribution < -0.4 is 14.8 Å². The summed E-state index contributed by atoms with van der Waals surface area (Å²) in [5.41, 5.74) is 0. The molecule has 1 aromatic heterocycles. The number of ether oxygens (including phenoxy) is 2. The summed E-state index contributed by atoms with van der Waals surface area (Å²) in [7, 11) is 1.64. The summed E-state index contributed by atoms with van der Waals surface area (Å²) >= 11 is 0. The molecule has 19 heavy (non-hydrogen) atoms. The molecule has 0 spiro atoms. The first-order valence-electron chi connectivity index (χ1n) is 5.84. The topological polar surface area (TPSA) is 56.3 Å². The number of nitrogens with zero attached hydrogens (tertiary/aromatic N) is 2. The van der Waals surface area contributed by atoms with Crippen LogP contribution in [0.15, 0.2) is 30.5 Å². The van der Waals surface area contributed by atoms with E-state index in [0.29, 0.717) is 18.1 Å². The molecule has 1 heterocycles. The normalized spacial score (nSPS) is 10.1. The van der Waals surface area contributed by atoms with Crippen molar-refractivity contribution in [1.82, 2.24) is 9.97 Å². The summed E-state index contributed by atoms with van der Waals surface area (Å²) < 4.78 is 24.4. The SMILES string of the molecule is CCOc1ccccc1Oc1nc(NC)ncc1F. The minimum absolute atomic E-state index is 0.147. The number of hydrogen-bond acceptors (Lipinski definition) is 5. The molecule has 1 N–H and O–H groups in total. The third-order valence-electron chi connectivity index (χ3n) is 2.29. The maximum Gasteiger partial charge on any atom is 0.261 e. The number of benzene rings is 1. The number of halogens is 1. The number of aromatic nitrogens is 2. The van der Waals surface area contributed by atoms with Crippen molar-refractivity contribution in [3.63, 3.8) is 0 Å². The predicted octanol–water partition coefficient (Wildman–Crippen LogP) is 2.85. The van der Waals surface area contributed by atoms with Gasteiger partial charge in [0.2, 0.25) is 11.8 Å². The van der Waals surface area contributed by atoms with Crippen LogP contribution >= 0.6 is 0 Å². The Kier molecular flexibility index (Phi) is 4.12. The van der Waals surface area contributed by atoms with Crippen molar-refractivity contribution >= 4 is 5.95 Å². The molecule has 5 nitrogen and oxygen atoms in total. The van der Waals surface area contributed by atoms with E-state index in [4.69, 9.17) is 9.47 Å². The minimum Gasteiger partial charge on any atom is -0.490 e. The highest BCUT2D eigenvalue weighted by molar-refractivity contribution is 5.42. The summed E-state index contributed by atoms with van der Waals surface area (Å²) in [4.78, 5) is 7.66. The van der Waals surface area contributed by atoms with Crippen LogP contribution in [0, 0.1) is 5.82 Å². The molecule has 0 atom stereocenters. The summed E-state index contributed by atoms with van der Waals surface area (Å²) in [6, 6.07) is 7.02. The van der Waals surface area contributed by atoms with Gasteiger partial charge in [0, 0.05) is 7.05 Å². The van der Waals surface area contributed by atoms with E-state index in [1.54, 1.807) is 25.2 Å². The second-order valence-corrected chi connectivity index (χ2v) is 3.58. The first-order chi connectivity index (χ1) is 9.24. The fourth-order valence-electron chi connectivity index (χ4n) is 1.46. The average Bonchev–Trinajstić information content (AvgIpc) is 2.43. The fourth-order valence-corrected chi connectivity index (χ4v) is 1.46. The first-order valence-corrected chi connectivity index (χ1v) is 5.84. The van der Waals surface area contributed by atoms with Crippen molar-refractivity contribution in [1.29, 1.82) is 0 Å². The van der Waals surface area contributed by atoms with E-state index in [1.807, 2.05) is 13.0 Å². The zero-order chi connectivity index (χ0) is 13.7. The molecule has 0 amide bonds. The molecule has 6 heteroatoms. The largest absolute Gasteiger partial charge is 0.490 e. The highest BCUT2D eigenvalue weighted by Gasteiger charge is 2.11. The minimum atomic E-state index is -0.634. The van der Waals surface area contributed by atoms with Gasteiger partial charge in [-0.15, -0.1) is 0 Å². The molecule has 0 aliphatic rings. The van der Waals surface area contributed by atoms with Crippen molar-refractivity contribution in [2.75, 3.05) is 19.0 Å². The lowest BCUT2D eigenvalue weighted by Crippen LogP contribution is -2.01. The zero-order valence-electron chi connectivity index (χ0n) is 10.7. The lowest BCUT2D eigenvalue weighted by molar-refractivity contribution is 0.316. The van der Waals surface area contributed by atoms with E-state index >= 15 is 0 Å². The second-order valence-electron chi connectivity index (χ2n) is 3.58. The van der Waals surface area contributed by atoms with Gasteiger partial charge in [-0.05, 0) is 19.1 Å². The molecule has 100 valence electrons. The van der Waals surface area contributed by atoms with E-state index in [9.17, 15) is 4.39 Å². The monoisotopic (exact) mass is 263 g/mol. The van der Waals surface area contributed by atoms with Gasteiger partial charge in [-0.1, -0.05) is 12.1 Å². The molecule has 0 bridgehead atoms. The first kappa shape index (κ1) is 13.1. The van der Waals surface area contributed by atoms with E-state index < -0.39 is 5.82 Å². The van der Waals surface area contributed by atoms with Crippen molar-refractivity contribution in [3.05, 3.63) is 36.3 Å². The van der Waals surface area contributed by atoms with Gasteiger partial charge in [-0.3, -0.25) is 0 Å². The number of nitrogens with one attached hydrogen (secondary N) is 1. The van der Waals surface area contributed by atoms with Gasteiger partial charge in [-0.25, -0.2) is 4.98 Å². The maximum absolute atomic E-state index is 13.6. The molecule has 2 rings (SSSR count). The van der Waals surface area contributed by atoms with Crippen molar-refractivity contribution in [2.24, 2.45) is 0 Å². The van der Waals surface area contributed by atoms with Crippen LogP contribution in [0.3, 0.4) is 0 Å². The third kappa shape index (κ3) is 3.09. The summed E-state index contributed by atoms with van der Waals surface area (Å²) in [5.74, 6) is 0.445. The maximum atomic E-state index is 13.6. The summed E-state index contributed by atoms with van der Waals surface area (Å²) in [6.07, 6.45) is 1.05. The quantitative estimate of drug-likeness (QED) is 0.898. The molecular formula is C13H14FN3O2. The van der Waals surface area contributed by atoms with Gasteiger partial charge in [0.05, 0.1) is 12.8 Å². The predicted molar refractivity (Wildman–Crippen MR) is 69.2 cm³/mol. The lowest BCUT2D eigenvalue weighted by Gasteiger charge is -2.11. The van der Waals surface area contributed by atoms with Crippen LogP contribution in [-0.2, 0) is 0 Å². The Morgan fingerprint density at radius 3 is 2.68 bits per heavy atom. The van der Waals surface area contributed by atoms with Crippen molar-refractivity contribution < 1.29 is 13.9 Å². The Morgan fingerprint density at radius 1 is 1.26 bits per heavy atom. The Balaban J connectivity index is 2.30. The van der Waals surface area contributed by atoms with Crippen molar-refractivity contribution in [3.8, 4) is 17.4 Å². The Hall–Kier alpha value is -2.37. The number of para-hydroxylation sites is 2. The molecule has 0 fully saturated rings. The molecule has 0 aliphatic carbocycles. The molecular weight excluding hydrogens is 249 g/mol. The molecule has 0 unspecified atom stereocenters. The Labute approximate surface area is 110 Å². The number of anilines is 1. The van der Waals surface area contributed by atoms with Gasteiger partial charge >= 0.3 is 0 Å². The third-order valence-corrected chi connectivity index (χ3v) is 2.29. The van der Waals surface area contributed by atoms with E-state index in [1.165, 1.54) is 0 Å². The number of hydrogen-bond donors (Lipinski definition) is 1. The Morgan fingerprint density at radius 2 is 2.00 bits per heavy atom. The highest BCUT2D eigenvalue weighted by atomic mass is 19.1. The van der Waals surface area contributed by atoms with Crippen molar-refractivity contribution in [2.45, 2.75) is 6.92 Å². The fraction of sp³-hybridized carbons (Fsp3) is 0.231. The zero-order valence-corrected chi connectivity index (χ0v) is 10.7.